The van der Waals surface area contributed by atoms with E-state index in [1.165, 1.54) is 19.3 Å². The highest BCUT2D eigenvalue weighted by atomic mass is 32.2. The average Bonchev–Trinajstić information content (AvgIpc) is 3.13. The zero-order valence-corrected chi connectivity index (χ0v) is 21.5. The Morgan fingerprint density at radius 2 is 1.64 bits per heavy atom. The van der Waals surface area contributed by atoms with E-state index in [-0.39, 0.29) is 16.7 Å². The van der Waals surface area contributed by atoms with Gasteiger partial charge in [0.25, 0.3) is 0 Å². The van der Waals surface area contributed by atoms with Gasteiger partial charge in [-0.15, -0.1) is 23.5 Å². The zero-order chi connectivity index (χ0) is 22.1. The Bertz CT molecular complexity index is 475. The summed E-state index contributed by atoms with van der Waals surface area (Å²) >= 11 is 3.77. The Morgan fingerprint density at radius 3 is 1.96 bits per heavy atom. The molecule has 2 aliphatic heterocycles. The van der Waals surface area contributed by atoms with Gasteiger partial charge < -0.3 is 9.80 Å². The van der Waals surface area contributed by atoms with Gasteiger partial charge in [-0.1, -0.05) is 40.5 Å². The highest BCUT2D eigenvalue weighted by Crippen LogP contribution is 2.42. The summed E-state index contributed by atoms with van der Waals surface area (Å²) in [4.78, 5) is 26.8. The van der Waals surface area contributed by atoms with E-state index >= 15 is 0 Å². The number of hydrogen-bond acceptors (Lipinski definition) is 4. The molecule has 4 unspecified atom stereocenters. The molecule has 2 fully saturated rings. The zero-order valence-electron chi connectivity index (χ0n) is 19.9. The summed E-state index contributed by atoms with van der Waals surface area (Å²) in [6.45, 7) is 20.3. The van der Waals surface area contributed by atoms with Crippen LogP contribution in [0.5, 0.6) is 0 Å². The van der Waals surface area contributed by atoms with Crippen LogP contribution in [-0.2, 0) is 9.59 Å². The van der Waals surface area contributed by atoms with Crippen LogP contribution < -0.4 is 0 Å². The molecule has 0 aliphatic carbocycles. The molecule has 28 heavy (non-hydrogen) atoms. The molecule has 0 spiro atoms. The quantitative estimate of drug-likeness (QED) is 0.558. The van der Waals surface area contributed by atoms with Gasteiger partial charge in [0.1, 0.15) is 0 Å². The molecular formula is C22H44N2O2S2. The van der Waals surface area contributed by atoms with Crippen LogP contribution in [0, 0.1) is 5.92 Å². The molecule has 4 nitrogen and oxygen atoms in total. The van der Waals surface area contributed by atoms with E-state index in [1.807, 2.05) is 42.3 Å². The summed E-state index contributed by atoms with van der Waals surface area (Å²) in [5.41, 5.74) is 0. The van der Waals surface area contributed by atoms with Crippen LogP contribution in [0.4, 0.5) is 0 Å². The number of carbonyl (C=O) groups is 2. The second-order valence-electron chi connectivity index (χ2n) is 7.88. The van der Waals surface area contributed by atoms with Gasteiger partial charge in [0.15, 0.2) is 0 Å². The highest BCUT2D eigenvalue weighted by molar-refractivity contribution is 8.00. The molecule has 2 heterocycles. The minimum absolute atomic E-state index is 0.0162. The molecule has 0 N–H and O–H groups in total. The number of carbonyl (C=O) groups excluding carboxylic acids is 2. The van der Waals surface area contributed by atoms with Gasteiger partial charge in [0.05, 0.1) is 10.2 Å². The minimum atomic E-state index is -0.0162. The molecule has 0 aromatic heterocycles. The molecule has 2 amide bonds. The smallest absolute Gasteiger partial charge is 0.220 e. The lowest BCUT2D eigenvalue weighted by molar-refractivity contribution is -0.134. The fourth-order valence-corrected chi connectivity index (χ4v) is 6.83. The third kappa shape index (κ3) is 7.47. The van der Waals surface area contributed by atoms with Crippen molar-refractivity contribution in [1.29, 1.82) is 0 Å². The summed E-state index contributed by atoms with van der Waals surface area (Å²) in [5, 5.41) is 0.382. The van der Waals surface area contributed by atoms with Crippen LogP contribution in [0.1, 0.15) is 88.5 Å². The molecule has 0 aromatic rings. The largest absolute Gasteiger partial charge is 0.328 e. The van der Waals surface area contributed by atoms with Gasteiger partial charge in [-0.05, 0) is 40.0 Å². The fourth-order valence-electron chi connectivity index (χ4n) is 4.20. The van der Waals surface area contributed by atoms with Crippen molar-refractivity contribution in [2.45, 2.75) is 111 Å². The van der Waals surface area contributed by atoms with Crippen LogP contribution in [0.25, 0.3) is 0 Å². The lowest BCUT2D eigenvalue weighted by Gasteiger charge is -2.37. The van der Waals surface area contributed by atoms with E-state index in [2.05, 4.69) is 46.4 Å². The van der Waals surface area contributed by atoms with E-state index in [9.17, 15) is 9.59 Å². The predicted molar refractivity (Wildman–Crippen MR) is 127 cm³/mol. The molecule has 2 rings (SSSR count). The standard InChI is InChI=1S/C13H25NOS.C7H13NOS.C2H6/c1-6-8-11(7-2)12-9-16-13(4,5)14(12)10(3)15;1-5-4-10-7(3)8(5)6(2)9;1-2/h11-12H,6-9H2,1-5H3;5,7H,4H2,1-3H3;1-2H3. The van der Waals surface area contributed by atoms with Gasteiger partial charge in [-0.2, -0.15) is 0 Å². The van der Waals surface area contributed by atoms with Crippen LogP contribution in [-0.4, -0.2) is 55.4 Å². The Labute approximate surface area is 182 Å². The second kappa shape index (κ2) is 13.0. The molecule has 2 saturated heterocycles. The Hall–Kier alpha value is -0.360. The van der Waals surface area contributed by atoms with Crippen molar-refractivity contribution in [3.05, 3.63) is 0 Å². The van der Waals surface area contributed by atoms with E-state index in [4.69, 9.17) is 0 Å². The van der Waals surface area contributed by atoms with Gasteiger partial charge >= 0.3 is 0 Å². The lowest BCUT2D eigenvalue weighted by Crippen LogP contribution is -2.48. The van der Waals surface area contributed by atoms with Crippen LogP contribution in [0.2, 0.25) is 0 Å². The molecule has 0 aromatic carbocycles. The van der Waals surface area contributed by atoms with E-state index in [0.29, 0.717) is 23.4 Å². The van der Waals surface area contributed by atoms with E-state index in [0.717, 1.165) is 11.5 Å². The fraction of sp³-hybridized carbons (Fsp3) is 0.909. The van der Waals surface area contributed by atoms with E-state index < -0.39 is 0 Å². The van der Waals surface area contributed by atoms with Crippen molar-refractivity contribution in [2.75, 3.05) is 11.5 Å². The first kappa shape index (κ1) is 27.6. The number of nitrogens with zero attached hydrogens (tertiary/aromatic N) is 2. The van der Waals surface area contributed by atoms with Crippen molar-refractivity contribution in [2.24, 2.45) is 5.92 Å². The maximum Gasteiger partial charge on any atom is 0.220 e. The third-order valence-electron chi connectivity index (χ3n) is 5.40. The van der Waals surface area contributed by atoms with Crippen LogP contribution >= 0.6 is 23.5 Å². The molecular weight excluding hydrogens is 388 g/mol. The first-order chi connectivity index (χ1) is 13.1. The minimum Gasteiger partial charge on any atom is -0.328 e. The van der Waals surface area contributed by atoms with Crippen molar-refractivity contribution >= 4 is 35.3 Å². The maximum atomic E-state index is 11.8. The summed E-state index contributed by atoms with van der Waals surface area (Å²) in [6, 6.07) is 0.875. The molecule has 166 valence electrons. The van der Waals surface area contributed by atoms with Crippen LogP contribution in [0.15, 0.2) is 0 Å². The summed E-state index contributed by atoms with van der Waals surface area (Å²) in [5.74, 6) is 3.29. The van der Waals surface area contributed by atoms with Gasteiger partial charge in [-0.25, -0.2) is 0 Å². The second-order valence-corrected chi connectivity index (χ2v) is 10.8. The number of amides is 2. The van der Waals surface area contributed by atoms with E-state index in [1.54, 1.807) is 13.8 Å². The van der Waals surface area contributed by atoms with Gasteiger partial charge in [0.2, 0.25) is 11.8 Å². The summed E-state index contributed by atoms with van der Waals surface area (Å²) in [6.07, 6.45) is 3.63. The van der Waals surface area contributed by atoms with Gasteiger partial charge in [0, 0.05) is 37.4 Å². The van der Waals surface area contributed by atoms with Crippen molar-refractivity contribution < 1.29 is 9.59 Å². The maximum absolute atomic E-state index is 11.8. The summed E-state index contributed by atoms with van der Waals surface area (Å²) in [7, 11) is 0. The molecule has 0 radical (unpaired) electrons. The Balaban J connectivity index is 0.000000520. The normalized spacial score (nSPS) is 26.7. The van der Waals surface area contributed by atoms with Crippen molar-refractivity contribution in [1.82, 2.24) is 9.80 Å². The number of hydrogen-bond donors (Lipinski definition) is 0. The van der Waals surface area contributed by atoms with Crippen molar-refractivity contribution in [3.63, 3.8) is 0 Å². The number of thioether (sulfide) groups is 2. The Morgan fingerprint density at radius 1 is 1.07 bits per heavy atom. The molecule has 6 heteroatoms. The molecule has 0 bridgehead atoms. The first-order valence-corrected chi connectivity index (χ1v) is 12.9. The van der Waals surface area contributed by atoms with Crippen LogP contribution in [0.3, 0.4) is 0 Å². The third-order valence-corrected chi connectivity index (χ3v) is 8.19. The number of rotatable bonds is 4. The Kier molecular flexibility index (Phi) is 12.9. The SMILES string of the molecule is CC.CC(=O)N1C(C)CSC1C.CCCC(CC)C1CSC(C)(C)N1C(C)=O. The van der Waals surface area contributed by atoms with Gasteiger partial charge in [-0.3, -0.25) is 9.59 Å². The summed E-state index contributed by atoms with van der Waals surface area (Å²) < 4.78 is 0. The van der Waals surface area contributed by atoms with Crippen molar-refractivity contribution in [3.8, 4) is 0 Å². The average molecular weight is 433 g/mol. The topological polar surface area (TPSA) is 40.6 Å². The predicted octanol–water partition coefficient (Wildman–Crippen LogP) is 5.86. The highest BCUT2D eigenvalue weighted by Gasteiger charge is 2.44. The molecule has 4 atom stereocenters. The molecule has 2 aliphatic rings. The monoisotopic (exact) mass is 432 g/mol. The first-order valence-electron chi connectivity index (χ1n) is 10.9. The lowest BCUT2D eigenvalue weighted by atomic mass is 9.91. The molecule has 0 saturated carbocycles.